The van der Waals surface area contributed by atoms with E-state index in [2.05, 4.69) is 10.00 Å². The summed E-state index contributed by atoms with van der Waals surface area (Å²) in [6, 6.07) is 6.19. The molecule has 214 valence electrons. The number of allylic oxidation sites excluding steroid dienone is 1. The van der Waals surface area contributed by atoms with Gasteiger partial charge in [-0.2, -0.15) is 5.10 Å². The van der Waals surface area contributed by atoms with E-state index in [-0.39, 0.29) is 29.5 Å². The maximum Gasteiger partial charge on any atom is 0.328 e. The maximum atomic E-state index is 14.1. The molecule has 2 atom stereocenters. The van der Waals surface area contributed by atoms with Gasteiger partial charge in [0.2, 0.25) is 0 Å². The predicted molar refractivity (Wildman–Crippen MR) is 150 cm³/mol. The van der Waals surface area contributed by atoms with Crippen LogP contribution in [0.2, 0.25) is 0 Å². The second kappa shape index (κ2) is 12.9. The molecule has 3 aliphatic carbocycles. The molecule has 40 heavy (non-hydrogen) atoms. The molecule has 1 aromatic carbocycles. The van der Waals surface area contributed by atoms with Crippen LogP contribution in [0.25, 0.3) is 0 Å². The highest BCUT2D eigenvalue weighted by molar-refractivity contribution is 5.96. The quantitative estimate of drug-likeness (QED) is 0.251. The molecular weight excluding hydrogens is 509 g/mol. The highest BCUT2D eigenvalue weighted by atomic mass is 19.1. The average molecular weight is 550 g/mol. The Morgan fingerprint density at radius 3 is 2.62 bits per heavy atom. The SMILES string of the molecule is COC(=O)[C@@H](CC1=CCC(=O)CC1)NC(=O)c1nn(C2CCCCC2)c2c1CCCCC2Cc1cccc(F)c1. The van der Waals surface area contributed by atoms with Gasteiger partial charge in [0, 0.05) is 30.0 Å². The Bertz CT molecular complexity index is 1280. The number of hydrogen-bond acceptors (Lipinski definition) is 5. The van der Waals surface area contributed by atoms with Gasteiger partial charge >= 0.3 is 5.97 Å². The number of Topliss-reactive ketones (excluding diaryl/α,β-unsaturated/α-hetero) is 1. The van der Waals surface area contributed by atoms with E-state index in [4.69, 9.17) is 9.84 Å². The van der Waals surface area contributed by atoms with Gasteiger partial charge in [0.15, 0.2) is 5.69 Å². The van der Waals surface area contributed by atoms with Crippen molar-refractivity contribution < 1.29 is 23.5 Å². The van der Waals surface area contributed by atoms with Crippen molar-refractivity contribution in [1.82, 2.24) is 15.1 Å². The van der Waals surface area contributed by atoms with E-state index >= 15 is 0 Å². The van der Waals surface area contributed by atoms with Gasteiger partial charge in [-0.3, -0.25) is 14.3 Å². The van der Waals surface area contributed by atoms with Gasteiger partial charge in [-0.05, 0) is 69.1 Å². The van der Waals surface area contributed by atoms with Crippen LogP contribution in [-0.2, 0) is 27.2 Å². The Balaban J connectivity index is 1.47. The van der Waals surface area contributed by atoms with Gasteiger partial charge in [-0.25, -0.2) is 9.18 Å². The first-order valence-electron chi connectivity index (χ1n) is 14.9. The van der Waals surface area contributed by atoms with E-state index in [1.807, 2.05) is 12.1 Å². The third-order valence-electron chi connectivity index (χ3n) is 8.77. The van der Waals surface area contributed by atoms with E-state index in [1.54, 1.807) is 12.1 Å². The van der Waals surface area contributed by atoms with Crippen molar-refractivity contribution >= 4 is 17.7 Å². The number of fused-ring (bicyclic) bond motifs is 1. The van der Waals surface area contributed by atoms with Gasteiger partial charge in [0.25, 0.3) is 5.91 Å². The molecule has 1 unspecified atom stereocenters. The summed E-state index contributed by atoms with van der Waals surface area (Å²) in [5.41, 5.74) is 4.41. The molecule has 5 rings (SSSR count). The van der Waals surface area contributed by atoms with E-state index < -0.39 is 12.0 Å². The summed E-state index contributed by atoms with van der Waals surface area (Å²) < 4.78 is 21.2. The number of nitrogens with zero attached hydrogens (tertiary/aromatic N) is 2. The van der Waals surface area contributed by atoms with Crippen LogP contribution in [0.4, 0.5) is 4.39 Å². The summed E-state index contributed by atoms with van der Waals surface area (Å²) >= 11 is 0. The molecule has 2 aromatic rings. The molecule has 1 amide bonds. The smallest absolute Gasteiger partial charge is 0.328 e. The number of amides is 1. The lowest BCUT2D eigenvalue weighted by atomic mass is 9.89. The Kier molecular flexibility index (Phi) is 9.12. The monoisotopic (exact) mass is 549 g/mol. The third-order valence-corrected chi connectivity index (χ3v) is 8.77. The van der Waals surface area contributed by atoms with Crippen molar-refractivity contribution in [2.75, 3.05) is 7.11 Å². The minimum Gasteiger partial charge on any atom is -0.467 e. The van der Waals surface area contributed by atoms with Crippen molar-refractivity contribution in [2.24, 2.45) is 0 Å². The molecule has 1 N–H and O–H groups in total. The van der Waals surface area contributed by atoms with Gasteiger partial charge in [-0.1, -0.05) is 49.5 Å². The summed E-state index contributed by atoms with van der Waals surface area (Å²) in [5, 5.41) is 7.92. The topological polar surface area (TPSA) is 90.3 Å². The standard InChI is InChI=1S/C32H40FN3O4/c1-40-32(39)28(20-21-14-16-26(37)17-15-21)34-31(38)29-27-13-6-5-9-23(18-22-8-7-10-24(33)19-22)30(27)36(35-29)25-11-3-2-4-12-25/h7-8,10,14,19,23,25,28H,2-6,9,11-13,15-18,20H2,1H3,(H,34,38)/t23?,28-/m1/s1. The van der Waals surface area contributed by atoms with Crippen LogP contribution in [0, 0.1) is 5.82 Å². The Morgan fingerprint density at radius 2 is 1.90 bits per heavy atom. The van der Waals surface area contributed by atoms with Gasteiger partial charge in [-0.15, -0.1) is 0 Å². The predicted octanol–water partition coefficient (Wildman–Crippen LogP) is 5.92. The lowest BCUT2D eigenvalue weighted by Gasteiger charge is -2.27. The van der Waals surface area contributed by atoms with Crippen molar-refractivity contribution in [2.45, 2.75) is 108 Å². The first-order valence-corrected chi connectivity index (χ1v) is 14.9. The number of benzene rings is 1. The number of carbonyl (C=O) groups excluding carboxylic acids is 3. The number of hydrogen-bond donors (Lipinski definition) is 1. The Morgan fingerprint density at radius 1 is 1.10 bits per heavy atom. The highest BCUT2D eigenvalue weighted by Gasteiger charge is 2.34. The number of ketones is 1. The summed E-state index contributed by atoms with van der Waals surface area (Å²) in [5.74, 6) is -0.783. The summed E-state index contributed by atoms with van der Waals surface area (Å²) in [7, 11) is 1.32. The molecule has 1 fully saturated rings. The van der Waals surface area contributed by atoms with Crippen molar-refractivity contribution in [3.63, 3.8) is 0 Å². The third kappa shape index (κ3) is 6.53. The van der Waals surface area contributed by atoms with Gasteiger partial charge in [0.05, 0.1) is 13.2 Å². The van der Waals surface area contributed by atoms with E-state index in [0.717, 1.165) is 73.8 Å². The first-order chi connectivity index (χ1) is 19.4. The molecule has 0 saturated heterocycles. The second-order valence-electron chi connectivity index (χ2n) is 11.6. The van der Waals surface area contributed by atoms with Crippen molar-refractivity contribution in [3.05, 3.63) is 64.2 Å². The Labute approximate surface area is 235 Å². The van der Waals surface area contributed by atoms with Crippen LogP contribution in [0.3, 0.4) is 0 Å². The van der Waals surface area contributed by atoms with Gasteiger partial charge in [0.1, 0.15) is 17.6 Å². The lowest BCUT2D eigenvalue weighted by Crippen LogP contribution is -2.42. The van der Waals surface area contributed by atoms with Crippen LogP contribution in [0.15, 0.2) is 35.9 Å². The maximum absolute atomic E-state index is 14.1. The van der Waals surface area contributed by atoms with E-state index in [1.165, 1.54) is 19.6 Å². The minimum atomic E-state index is -0.846. The molecule has 0 bridgehead atoms. The summed E-state index contributed by atoms with van der Waals surface area (Å²) in [6.45, 7) is 0. The highest BCUT2D eigenvalue weighted by Crippen LogP contribution is 2.39. The largest absolute Gasteiger partial charge is 0.467 e. The number of nitrogens with one attached hydrogen (secondary N) is 1. The molecule has 8 heteroatoms. The minimum absolute atomic E-state index is 0.136. The number of aromatic nitrogens is 2. The average Bonchev–Trinajstić information content (AvgIpc) is 3.23. The van der Waals surface area contributed by atoms with Crippen LogP contribution in [0.1, 0.15) is 116 Å². The van der Waals surface area contributed by atoms with Crippen molar-refractivity contribution in [3.8, 4) is 0 Å². The van der Waals surface area contributed by atoms with Crippen LogP contribution < -0.4 is 5.32 Å². The molecule has 0 aliphatic heterocycles. The lowest BCUT2D eigenvalue weighted by molar-refractivity contribution is -0.142. The summed E-state index contributed by atoms with van der Waals surface area (Å²) in [4.78, 5) is 38.2. The normalized spacial score (nSPS) is 20.7. The van der Waals surface area contributed by atoms with Gasteiger partial charge < -0.3 is 10.1 Å². The van der Waals surface area contributed by atoms with E-state index in [9.17, 15) is 18.8 Å². The fourth-order valence-corrected chi connectivity index (χ4v) is 6.70. The molecule has 7 nitrogen and oxygen atoms in total. The number of carbonyl (C=O) groups is 3. The number of esters is 1. The van der Waals surface area contributed by atoms with Crippen LogP contribution >= 0.6 is 0 Å². The second-order valence-corrected chi connectivity index (χ2v) is 11.6. The van der Waals surface area contributed by atoms with Crippen LogP contribution in [-0.4, -0.2) is 40.6 Å². The molecular formula is C32H40FN3O4. The zero-order valence-corrected chi connectivity index (χ0v) is 23.4. The molecule has 0 radical (unpaired) electrons. The van der Waals surface area contributed by atoms with E-state index in [0.29, 0.717) is 37.8 Å². The summed E-state index contributed by atoms with van der Waals surface area (Å²) in [6.07, 6.45) is 13.5. The van der Waals surface area contributed by atoms with Crippen molar-refractivity contribution in [1.29, 1.82) is 0 Å². The number of halogens is 1. The number of ether oxygens (including phenoxy) is 1. The van der Waals surface area contributed by atoms with Crippen LogP contribution in [0.5, 0.6) is 0 Å². The number of methoxy groups -OCH3 is 1. The zero-order valence-electron chi connectivity index (χ0n) is 23.4. The first kappa shape index (κ1) is 28.2. The zero-order chi connectivity index (χ0) is 28.1. The molecule has 1 saturated carbocycles. The molecule has 1 aromatic heterocycles. The Hall–Kier alpha value is -3.29. The molecule has 0 spiro atoms. The fraction of sp³-hybridized carbons (Fsp3) is 0.562. The molecule has 3 aliphatic rings. The number of rotatable bonds is 8. The molecule has 1 heterocycles. The fourth-order valence-electron chi connectivity index (χ4n) is 6.70.